The van der Waals surface area contributed by atoms with Gasteiger partial charge >= 0.3 is 18.3 Å². The number of alkyl halides is 2. The van der Waals surface area contributed by atoms with Crippen LogP contribution in [0.25, 0.3) is 0 Å². The van der Waals surface area contributed by atoms with E-state index in [1.54, 1.807) is 26.0 Å². The average molecular weight is 496 g/mol. The van der Waals surface area contributed by atoms with Crippen molar-refractivity contribution in [2.75, 3.05) is 6.61 Å². The second-order valence-corrected chi connectivity index (χ2v) is 8.13. The molecule has 34 heavy (non-hydrogen) atoms. The van der Waals surface area contributed by atoms with Gasteiger partial charge in [0.25, 0.3) is 0 Å². The number of β-lactam (4-membered cyclic amide) rings is 1. The number of halogens is 3. The number of nitrogens with one attached hydrogen (secondary N) is 1. The van der Waals surface area contributed by atoms with Gasteiger partial charge in [0, 0.05) is 6.20 Å². The second kappa shape index (κ2) is 9.05. The molecule has 1 aromatic heterocycles. The standard InChI is InChI=1S/C22H20ClF2N3O6/c1-3-32-20(30)18-14(8-12-6-7-26-17(23)9-12)19(29)28(18)21(31)27-11(2)13-4-5-15-16(10-13)34-22(24,25)33-15/h4-7,9-11,14,18H,3,8H2,1-2H3,(H,27,31)/t11-,14-,18+/m1/s1. The summed E-state index contributed by atoms with van der Waals surface area (Å²) in [6.07, 6.45) is -2.12. The van der Waals surface area contributed by atoms with Gasteiger partial charge in [-0.25, -0.2) is 19.5 Å². The number of urea groups is 1. The van der Waals surface area contributed by atoms with E-state index in [1.807, 2.05) is 0 Å². The molecule has 1 saturated heterocycles. The van der Waals surface area contributed by atoms with Crippen LogP contribution >= 0.6 is 11.6 Å². The Morgan fingerprint density at radius 2 is 2.00 bits per heavy atom. The number of carbonyl (C=O) groups excluding carboxylic acids is 3. The predicted molar refractivity (Wildman–Crippen MR) is 113 cm³/mol. The van der Waals surface area contributed by atoms with E-state index in [0.29, 0.717) is 11.1 Å². The minimum Gasteiger partial charge on any atom is -0.464 e. The fraction of sp³-hybridized carbons (Fsp3) is 0.364. The van der Waals surface area contributed by atoms with Crippen LogP contribution in [0.15, 0.2) is 36.5 Å². The summed E-state index contributed by atoms with van der Waals surface area (Å²) in [4.78, 5) is 43.0. The lowest BCUT2D eigenvalue weighted by molar-refractivity contribution is -0.286. The fourth-order valence-corrected chi connectivity index (χ4v) is 4.06. The normalized spacial score (nSPS) is 21.0. The first-order valence-electron chi connectivity index (χ1n) is 10.4. The number of rotatable bonds is 6. The highest BCUT2D eigenvalue weighted by Crippen LogP contribution is 2.42. The number of hydrogen-bond donors (Lipinski definition) is 1. The Balaban J connectivity index is 1.48. The molecule has 0 unspecified atom stereocenters. The molecule has 180 valence electrons. The third kappa shape index (κ3) is 4.60. The van der Waals surface area contributed by atoms with Gasteiger partial charge in [0.05, 0.1) is 18.6 Å². The molecule has 12 heteroatoms. The number of amides is 3. The van der Waals surface area contributed by atoms with Gasteiger partial charge in [-0.1, -0.05) is 17.7 Å². The van der Waals surface area contributed by atoms with Crippen molar-refractivity contribution < 1.29 is 37.4 Å². The van der Waals surface area contributed by atoms with E-state index in [0.717, 1.165) is 4.90 Å². The number of imide groups is 1. The van der Waals surface area contributed by atoms with Crippen LogP contribution < -0.4 is 14.8 Å². The number of aromatic nitrogens is 1. The van der Waals surface area contributed by atoms with E-state index in [9.17, 15) is 23.2 Å². The smallest absolute Gasteiger partial charge is 0.464 e. The maximum absolute atomic E-state index is 13.3. The Kier molecular flexibility index (Phi) is 6.30. The topological polar surface area (TPSA) is 107 Å². The van der Waals surface area contributed by atoms with Crippen molar-refractivity contribution in [2.45, 2.75) is 38.6 Å². The van der Waals surface area contributed by atoms with Crippen LogP contribution in [0.3, 0.4) is 0 Å². The lowest BCUT2D eigenvalue weighted by Crippen LogP contribution is -2.69. The molecule has 0 radical (unpaired) electrons. The monoisotopic (exact) mass is 495 g/mol. The van der Waals surface area contributed by atoms with Crippen LogP contribution in [0.1, 0.15) is 31.0 Å². The van der Waals surface area contributed by atoms with Gasteiger partial charge < -0.3 is 19.5 Å². The summed E-state index contributed by atoms with van der Waals surface area (Å²) >= 11 is 5.90. The second-order valence-electron chi connectivity index (χ2n) is 7.75. The summed E-state index contributed by atoms with van der Waals surface area (Å²) in [6, 6.07) is 4.66. The molecule has 2 aliphatic rings. The van der Waals surface area contributed by atoms with Crippen molar-refractivity contribution in [3.8, 4) is 11.5 Å². The van der Waals surface area contributed by atoms with Crippen molar-refractivity contribution in [3.05, 3.63) is 52.8 Å². The molecule has 2 aliphatic heterocycles. The molecular formula is C22H20ClF2N3O6. The Morgan fingerprint density at radius 1 is 1.26 bits per heavy atom. The van der Waals surface area contributed by atoms with Crippen molar-refractivity contribution in [3.63, 3.8) is 0 Å². The molecule has 1 aromatic carbocycles. The number of pyridine rings is 1. The highest BCUT2D eigenvalue weighted by Gasteiger charge is 2.55. The minimum absolute atomic E-state index is 0.0744. The molecular weight excluding hydrogens is 476 g/mol. The predicted octanol–water partition coefficient (Wildman–Crippen LogP) is 3.46. The number of nitrogens with zero attached hydrogens (tertiary/aromatic N) is 2. The quantitative estimate of drug-likeness (QED) is 0.371. The molecule has 2 aromatic rings. The molecule has 3 amide bonds. The van der Waals surface area contributed by atoms with Crippen LogP contribution in [0.2, 0.25) is 5.15 Å². The number of ether oxygens (including phenoxy) is 3. The van der Waals surface area contributed by atoms with E-state index >= 15 is 0 Å². The Bertz CT molecular complexity index is 1150. The highest BCUT2D eigenvalue weighted by molar-refractivity contribution is 6.29. The van der Waals surface area contributed by atoms with Gasteiger partial charge in [0.15, 0.2) is 17.5 Å². The van der Waals surface area contributed by atoms with Crippen LogP contribution in [0.4, 0.5) is 13.6 Å². The molecule has 1 N–H and O–H groups in total. The van der Waals surface area contributed by atoms with E-state index < -0.39 is 42.2 Å². The summed E-state index contributed by atoms with van der Waals surface area (Å²) in [6.45, 7) is 3.28. The van der Waals surface area contributed by atoms with Crippen LogP contribution in [-0.2, 0) is 20.7 Å². The molecule has 0 aliphatic carbocycles. The summed E-state index contributed by atoms with van der Waals surface area (Å²) in [5.74, 6) is -2.39. The summed E-state index contributed by atoms with van der Waals surface area (Å²) < 4.78 is 40.4. The van der Waals surface area contributed by atoms with Crippen LogP contribution in [-0.4, -0.2) is 46.7 Å². The fourth-order valence-electron chi connectivity index (χ4n) is 3.87. The zero-order valence-electron chi connectivity index (χ0n) is 18.1. The third-order valence-corrected chi connectivity index (χ3v) is 5.68. The molecule has 9 nitrogen and oxygen atoms in total. The minimum atomic E-state index is -3.77. The van der Waals surface area contributed by atoms with E-state index in [1.165, 1.54) is 24.4 Å². The van der Waals surface area contributed by atoms with E-state index in [2.05, 4.69) is 19.8 Å². The first-order valence-corrected chi connectivity index (χ1v) is 10.8. The Morgan fingerprint density at radius 3 is 2.71 bits per heavy atom. The van der Waals surface area contributed by atoms with Gasteiger partial charge in [-0.2, -0.15) is 0 Å². The molecule has 4 rings (SSSR count). The molecule has 0 saturated carbocycles. The number of esters is 1. The van der Waals surface area contributed by atoms with Crippen molar-refractivity contribution in [1.29, 1.82) is 0 Å². The number of hydrogen-bond acceptors (Lipinski definition) is 7. The van der Waals surface area contributed by atoms with Gasteiger partial charge in [0.1, 0.15) is 5.15 Å². The van der Waals surface area contributed by atoms with Crippen molar-refractivity contribution >= 4 is 29.5 Å². The zero-order valence-corrected chi connectivity index (χ0v) is 18.8. The van der Waals surface area contributed by atoms with Gasteiger partial charge in [-0.3, -0.25) is 4.79 Å². The maximum atomic E-state index is 13.3. The lowest BCUT2D eigenvalue weighted by atomic mass is 9.82. The Labute approximate surface area is 197 Å². The number of likely N-dealkylation sites (tertiary alicyclic amines) is 1. The van der Waals surface area contributed by atoms with Crippen LogP contribution in [0.5, 0.6) is 11.5 Å². The summed E-state index contributed by atoms with van der Waals surface area (Å²) in [5.41, 5.74) is 1.11. The number of benzene rings is 1. The van der Waals surface area contributed by atoms with E-state index in [4.69, 9.17) is 16.3 Å². The number of carbonyl (C=O) groups is 3. The zero-order chi connectivity index (χ0) is 24.6. The van der Waals surface area contributed by atoms with Gasteiger partial charge in [0.2, 0.25) is 5.91 Å². The maximum Gasteiger partial charge on any atom is 0.586 e. The third-order valence-electron chi connectivity index (χ3n) is 5.47. The first-order chi connectivity index (χ1) is 16.1. The molecule has 1 fully saturated rings. The van der Waals surface area contributed by atoms with Gasteiger partial charge in [-0.15, -0.1) is 8.78 Å². The van der Waals surface area contributed by atoms with Gasteiger partial charge in [-0.05, 0) is 55.7 Å². The molecule has 0 spiro atoms. The summed E-state index contributed by atoms with van der Waals surface area (Å²) in [7, 11) is 0. The highest BCUT2D eigenvalue weighted by atomic mass is 35.5. The van der Waals surface area contributed by atoms with Crippen molar-refractivity contribution in [1.82, 2.24) is 15.2 Å². The number of fused-ring (bicyclic) bond motifs is 1. The van der Waals surface area contributed by atoms with Crippen molar-refractivity contribution in [2.24, 2.45) is 5.92 Å². The largest absolute Gasteiger partial charge is 0.586 e. The SMILES string of the molecule is CCOC(=O)[C@@H]1[C@@H](Cc2ccnc(Cl)c2)C(=O)N1C(=O)N[C@H](C)c1ccc2c(c1)OC(F)(F)O2. The van der Waals surface area contributed by atoms with E-state index in [-0.39, 0.29) is 29.7 Å². The summed E-state index contributed by atoms with van der Waals surface area (Å²) in [5, 5.41) is 2.84. The lowest BCUT2D eigenvalue weighted by Gasteiger charge is -2.44. The Hall–Kier alpha value is -3.47. The average Bonchev–Trinajstić information content (AvgIpc) is 3.08. The first kappa shape index (κ1) is 23.7. The van der Waals surface area contributed by atoms with Crippen LogP contribution in [0, 0.1) is 5.92 Å². The molecule has 3 heterocycles. The molecule has 0 bridgehead atoms. The molecule has 3 atom stereocenters.